The molecule has 8 heteroatoms. The maximum Gasteiger partial charge on any atom is 0.411 e. The highest BCUT2D eigenvalue weighted by Crippen LogP contribution is 2.19. The molecular formula is C14H15F3N2O3. The van der Waals surface area contributed by atoms with Crippen LogP contribution in [0, 0.1) is 0 Å². The fourth-order valence-corrected chi connectivity index (χ4v) is 1.92. The molecule has 1 N–H and O–H groups in total. The van der Waals surface area contributed by atoms with Gasteiger partial charge in [0.15, 0.2) is 0 Å². The molecule has 0 radical (unpaired) electrons. The first-order valence-electron chi connectivity index (χ1n) is 6.64. The molecule has 1 aliphatic rings. The highest BCUT2D eigenvalue weighted by atomic mass is 19.4. The summed E-state index contributed by atoms with van der Waals surface area (Å²) < 4.78 is 40.5. The van der Waals surface area contributed by atoms with Crippen LogP contribution < -0.4 is 5.32 Å². The molecule has 2 amide bonds. The third kappa shape index (κ3) is 4.73. The number of rotatable bonds is 5. The van der Waals surface area contributed by atoms with Gasteiger partial charge in [0.25, 0.3) is 5.91 Å². The highest BCUT2D eigenvalue weighted by molar-refractivity contribution is 5.96. The van der Waals surface area contributed by atoms with Gasteiger partial charge in [-0.15, -0.1) is 0 Å². The molecule has 22 heavy (non-hydrogen) atoms. The molecular weight excluding hydrogens is 301 g/mol. The van der Waals surface area contributed by atoms with Crippen molar-refractivity contribution in [3.63, 3.8) is 0 Å². The summed E-state index contributed by atoms with van der Waals surface area (Å²) in [6, 6.07) is 8.40. The number of carbonyl (C=O) groups is 2. The second kappa shape index (κ2) is 6.78. The van der Waals surface area contributed by atoms with Crippen molar-refractivity contribution in [3.8, 4) is 0 Å². The summed E-state index contributed by atoms with van der Waals surface area (Å²) in [5.41, 5.74) is 0.435. The van der Waals surface area contributed by atoms with Crippen LogP contribution in [0.5, 0.6) is 0 Å². The minimum Gasteiger partial charge on any atom is -0.365 e. The molecule has 1 fully saturated rings. The number of halogens is 3. The van der Waals surface area contributed by atoms with Gasteiger partial charge in [-0.1, -0.05) is 18.2 Å². The second-order valence-electron chi connectivity index (χ2n) is 4.90. The molecule has 0 unspecified atom stereocenters. The lowest BCUT2D eigenvalue weighted by Gasteiger charge is -2.39. The van der Waals surface area contributed by atoms with Crippen molar-refractivity contribution in [2.24, 2.45) is 0 Å². The van der Waals surface area contributed by atoms with Gasteiger partial charge < -0.3 is 15.0 Å². The average Bonchev–Trinajstić information content (AvgIpc) is 2.42. The Kier molecular flexibility index (Phi) is 5.02. The van der Waals surface area contributed by atoms with Gasteiger partial charge in [-0.2, -0.15) is 13.2 Å². The van der Waals surface area contributed by atoms with Crippen molar-refractivity contribution in [2.75, 3.05) is 26.2 Å². The molecule has 0 atom stereocenters. The lowest BCUT2D eigenvalue weighted by atomic mass is 10.1. The maximum absolute atomic E-state index is 11.9. The van der Waals surface area contributed by atoms with Crippen LogP contribution in [-0.2, 0) is 9.53 Å². The van der Waals surface area contributed by atoms with Crippen LogP contribution in [0.2, 0.25) is 0 Å². The number of likely N-dealkylation sites (tertiary alicyclic amines) is 1. The number of hydrogen-bond acceptors (Lipinski definition) is 3. The first-order chi connectivity index (χ1) is 10.3. The molecule has 2 rings (SSSR count). The Morgan fingerprint density at radius 2 is 1.86 bits per heavy atom. The molecule has 1 heterocycles. The molecule has 120 valence electrons. The standard InChI is InChI=1S/C14H15F3N2O3/c15-14(16,17)9-22-11-7-19(8-11)12(20)6-18-13(21)10-4-2-1-3-5-10/h1-5,11H,6-9H2,(H,18,21). The van der Waals surface area contributed by atoms with Crippen LogP contribution in [0.25, 0.3) is 0 Å². The summed E-state index contributed by atoms with van der Waals surface area (Å²) in [5.74, 6) is -0.726. The van der Waals surface area contributed by atoms with Gasteiger partial charge >= 0.3 is 6.18 Å². The van der Waals surface area contributed by atoms with Crippen molar-refractivity contribution >= 4 is 11.8 Å². The molecule has 1 aromatic carbocycles. The first kappa shape index (κ1) is 16.3. The number of carbonyl (C=O) groups excluding carboxylic acids is 2. The lowest BCUT2D eigenvalue weighted by Crippen LogP contribution is -2.57. The molecule has 0 saturated carbocycles. The van der Waals surface area contributed by atoms with E-state index in [1.54, 1.807) is 30.3 Å². The zero-order valence-electron chi connectivity index (χ0n) is 11.6. The van der Waals surface area contributed by atoms with E-state index in [0.29, 0.717) is 5.56 Å². The molecule has 1 aliphatic heterocycles. The molecule has 1 aromatic rings. The third-order valence-electron chi connectivity index (χ3n) is 3.12. The van der Waals surface area contributed by atoms with Gasteiger partial charge in [0.05, 0.1) is 12.6 Å². The number of ether oxygens (including phenoxy) is 1. The fraction of sp³-hybridized carbons (Fsp3) is 0.429. The summed E-state index contributed by atoms with van der Waals surface area (Å²) in [6.45, 7) is -1.30. The highest BCUT2D eigenvalue weighted by Gasteiger charge is 2.35. The minimum absolute atomic E-state index is 0.107. The Morgan fingerprint density at radius 3 is 2.45 bits per heavy atom. The molecule has 0 spiro atoms. The number of amides is 2. The number of alkyl halides is 3. The van der Waals surface area contributed by atoms with Gasteiger partial charge in [0.2, 0.25) is 5.91 Å². The lowest BCUT2D eigenvalue weighted by molar-refractivity contribution is -0.199. The van der Waals surface area contributed by atoms with E-state index in [1.807, 2.05) is 0 Å². The van der Waals surface area contributed by atoms with Crippen molar-refractivity contribution in [1.29, 1.82) is 0 Å². The van der Waals surface area contributed by atoms with Crippen molar-refractivity contribution < 1.29 is 27.5 Å². The molecule has 0 aliphatic carbocycles. The van der Waals surface area contributed by atoms with E-state index >= 15 is 0 Å². The average molecular weight is 316 g/mol. The zero-order chi connectivity index (χ0) is 16.2. The van der Waals surface area contributed by atoms with Gasteiger partial charge in [-0.3, -0.25) is 9.59 Å². The maximum atomic E-state index is 11.9. The molecule has 1 saturated heterocycles. The Balaban J connectivity index is 1.66. The monoisotopic (exact) mass is 316 g/mol. The summed E-state index contributed by atoms with van der Waals surface area (Å²) in [5, 5.41) is 2.47. The van der Waals surface area contributed by atoms with E-state index in [1.165, 1.54) is 4.90 Å². The Morgan fingerprint density at radius 1 is 1.23 bits per heavy atom. The fourth-order valence-electron chi connectivity index (χ4n) is 1.92. The van der Waals surface area contributed by atoms with Crippen molar-refractivity contribution in [3.05, 3.63) is 35.9 Å². The van der Waals surface area contributed by atoms with Gasteiger partial charge in [-0.25, -0.2) is 0 Å². The van der Waals surface area contributed by atoms with E-state index in [0.717, 1.165) is 0 Å². The van der Waals surface area contributed by atoms with E-state index in [9.17, 15) is 22.8 Å². The van der Waals surface area contributed by atoms with Crippen molar-refractivity contribution in [1.82, 2.24) is 10.2 Å². The smallest absolute Gasteiger partial charge is 0.365 e. The number of nitrogens with one attached hydrogen (secondary N) is 1. The van der Waals surface area contributed by atoms with Gasteiger partial charge in [0.1, 0.15) is 6.61 Å². The number of benzene rings is 1. The summed E-state index contributed by atoms with van der Waals surface area (Å²) in [6.07, 6.45) is -4.97. The van der Waals surface area contributed by atoms with Crippen LogP contribution in [0.4, 0.5) is 13.2 Å². The van der Waals surface area contributed by atoms with Crippen LogP contribution in [0.15, 0.2) is 30.3 Å². The van der Waals surface area contributed by atoms with Crippen molar-refractivity contribution in [2.45, 2.75) is 12.3 Å². The topological polar surface area (TPSA) is 58.6 Å². The first-order valence-corrected chi connectivity index (χ1v) is 6.64. The van der Waals surface area contributed by atoms with Gasteiger partial charge in [-0.05, 0) is 12.1 Å². The van der Waals surface area contributed by atoms with E-state index < -0.39 is 18.9 Å². The summed E-state index contributed by atoms with van der Waals surface area (Å²) >= 11 is 0. The SMILES string of the molecule is O=C(NCC(=O)N1CC(OCC(F)(F)F)C1)c1ccccc1. The normalized spacial score (nSPS) is 15.3. The van der Waals surface area contributed by atoms with Crippen LogP contribution >= 0.6 is 0 Å². The Bertz CT molecular complexity index is 528. The van der Waals surface area contributed by atoms with Crippen LogP contribution in [0.3, 0.4) is 0 Å². The predicted molar refractivity (Wildman–Crippen MR) is 71.2 cm³/mol. The molecule has 5 nitrogen and oxygen atoms in total. The summed E-state index contributed by atoms with van der Waals surface area (Å²) in [7, 11) is 0. The Hall–Kier alpha value is -2.09. The van der Waals surface area contributed by atoms with E-state index in [2.05, 4.69) is 10.1 Å². The second-order valence-corrected chi connectivity index (χ2v) is 4.90. The predicted octanol–water partition coefficient (Wildman–Crippen LogP) is 1.21. The number of nitrogens with zero attached hydrogens (tertiary/aromatic N) is 1. The molecule has 0 bridgehead atoms. The van der Waals surface area contributed by atoms with Crippen LogP contribution in [-0.4, -0.2) is 55.2 Å². The Labute approximate surface area is 125 Å². The zero-order valence-corrected chi connectivity index (χ0v) is 11.6. The summed E-state index contributed by atoms with van der Waals surface area (Å²) in [4.78, 5) is 24.8. The van der Waals surface area contributed by atoms with E-state index in [4.69, 9.17) is 0 Å². The van der Waals surface area contributed by atoms with Gasteiger partial charge in [0, 0.05) is 18.7 Å². The largest absolute Gasteiger partial charge is 0.411 e. The number of hydrogen-bond donors (Lipinski definition) is 1. The quantitative estimate of drug-likeness (QED) is 0.888. The third-order valence-corrected chi connectivity index (χ3v) is 3.12. The van der Waals surface area contributed by atoms with Crippen LogP contribution in [0.1, 0.15) is 10.4 Å². The van der Waals surface area contributed by atoms with E-state index in [-0.39, 0.29) is 31.4 Å². The minimum atomic E-state index is -4.37. The molecule has 0 aromatic heterocycles.